The van der Waals surface area contributed by atoms with Gasteiger partial charge in [0.25, 0.3) is 0 Å². The Balaban J connectivity index is 3.98. The Bertz CT molecular complexity index is 179. The molecule has 0 aliphatic carbocycles. The first-order chi connectivity index (χ1) is 6.49. The Morgan fingerprint density at radius 2 is 1.93 bits per heavy atom. The summed E-state index contributed by atoms with van der Waals surface area (Å²) in [4.78, 5) is 11.3. The number of nitrogens with one attached hydrogen (secondary N) is 1. The van der Waals surface area contributed by atoms with Gasteiger partial charge in [0.1, 0.15) is 0 Å². The third-order valence-corrected chi connectivity index (χ3v) is 2.68. The summed E-state index contributed by atoms with van der Waals surface area (Å²) < 4.78 is 0. The van der Waals surface area contributed by atoms with Crippen LogP contribution in [0.25, 0.3) is 0 Å². The molecule has 0 fully saturated rings. The van der Waals surface area contributed by atoms with Crippen LogP contribution in [0.2, 0.25) is 0 Å². The molecule has 4 N–H and O–H groups in total. The fourth-order valence-corrected chi connectivity index (χ4v) is 1.07. The van der Waals surface area contributed by atoms with Gasteiger partial charge in [-0.15, -0.1) is 0 Å². The Morgan fingerprint density at radius 1 is 1.43 bits per heavy atom. The molecule has 0 radical (unpaired) electrons. The second kappa shape index (κ2) is 5.98. The van der Waals surface area contributed by atoms with Crippen molar-refractivity contribution >= 4 is 5.91 Å². The van der Waals surface area contributed by atoms with Crippen molar-refractivity contribution in [2.45, 2.75) is 51.7 Å². The number of hydrogen-bond acceptors (Lipinski definition) is 3. The molecule has 0 aromatic heterocycles. The molecule has 0 aromatic rings. The number of amides is 1. The zero-order chi connectivity index (χ0) is 11.2. The van der Waals surface area contributed by atoms with E-state index in [1.54, 1.807) is 0 Å². The average molecular weight is 202 g/mol. The van der Waals surface area contributed by atoms with Gasteiger partial charge < -0.3 is 16.2 Å². The van der Waals surface area contributed by atoms with Gasteiger partial charge in [0.05, 0.1) is 11.6 Å². The first-order valence-corrected chi connectivity index (χ1v) is 5.24. The van der Waals surface area contributed by atoms with E-state index in [4.69, 9.17) is 5.73 Å². The predicted octanol–water partition coefficient (Wildman–Crippen LogP) is 0.391. The standard InChI is InChI=1S/C10H22N2O2/c1-4-8(11)9(13)12-7-10(14,5-2)6-3/h8,14H,4-7,11H2,1-3H3,(H,12,13)/t8-/m0/s1. The summed E-state index contributed by atoms with van der Waals surface area (Å²) in [6.45, 7) is 5.94. The van der Waals surface area contributed by atoms with Gasteiger partial charge in [-0.25, -0.2) is 0 Å². The second-order valence-corrected chi connectivity index (χ2v) is 3.66. The molecule has 4 heteroatoms. The summed E-state index contributed by atoms with van der Waals surface area (Å²) in [5.41, 5.74) is 4.75. The van der Waals surface area contributed by atoms with Gasteiger partial charge >= 0.3 is 0 Å². The van der Waals surface area contributed by atoms with Gasteiger partial charge in [0.2, 0.25) is 5.91 Å². The number of carbonyl (C=O) groups is 1. The monoisotopic (exact) mass is 202 g/mol. The molecule has 0 saturated carbocycles. The number of aliphatic hydroxyl groups is 1. The Labute approximate surface area is 85.9 Å². The van der Waals surface area contributed by atoms with E-state index in [0.29, 0.717) is 19.3 Å². The van der Waals surface area contributed by atoms with Gasteiger partial charge in [0, 0.05) is 6.54 Å². The van der Waals surface area contributed by atoms with E-state index in [-0.39, 0.29) is 12.5 Å². The van der Waals surface area contributed by atoms with E-state index < -0.39 is 11.6 Å². The summed E-state index contributed by atoms with van der Waals surface area (Å²) in [7, 11) is 0. The molecule has 4 nitrogen and oxygen atoms in total. The number of nitrogens with two attached hydrogens (primary N) is 1. The smallest absolute Gasteiger partial charge is 0.237 e. The van der Waals surface area contributed by atoms with Crippen LogP contribution in [0, 0.1) is 0 Å². The third kappa shape index (κ3) is 4.07. The molecule has 0 saturated heterocycles. The van der Waals surface area contributed by atoms with Crippen LogP contribution in [0.15, 0.2) is 0 Å². The lowest BCUT2D eigenvalue weighted by Gasteiger charge is -2.26. The highest BCUT2D eigenvalue weighted by atomic mass is 16.3. The summed E-state index contributed by atoms with van der Waals surface area (Å²) in [5.74, 6) is -0.187. The van der Waals surface area contributed by atoms with Crippen molar-refractivity contribution < 1.29 is 9.90 Å². The minimum atomic E-state index is -0.789. The van der Waals surface area contributed by atoms with Crippen LogP contribution in [0.1, 0.15) is 40.0 Å². The lowest BCUT2D eigenvalue weighted by molar-refractivity contribution is -0.123. The maximum absolute atomic E-state index is 11.3. The van der Waals surface area contributed by atoms with Crippen molar-refractivity contribution in [3.05, 3.63) is 0 Å². The molecule has 1 amide bonds. The zero-order valence-corrected chi connectivity index (χ0v) is 9.34. The van der Waals surface area contributed by atoms with Crippen molar-refractivity contribution in [1.29, 1.82) is 0 Å². The molecule has 0 spiro atoms. The fraction of sp³-hybridized carbons (Fsp3) is 0.900. The molecule has 84 valence electrons. The minimum absolute atomic E-state index is 0.187. The number of carbonyl (C=O) groups excluding carboxylic acids is 1. The molecular weight excluding hydrogens is 180 g/mol. The van der Waals surface area contributed by atoms with Crippen LogP contribution in [0.3, 0.4) is 0 Å². The van der Waals surface area contributed by atoms with Crippen LogP contribution >= 0.6 is 0 Å². The number of rotatable bonds is 6. The molecule has 0 aromatic carbocycles. The van der Waals surface area contributed by atoms with Crippen molar-refractivity contribution in [2.24, 2.45) is 5.73 Å². The van der Waals surface area contributed by atoms with Crippen LogP contribution < -0.4 is 11.1 Å². The lowest BCUT2D eigenvalue weighted by Crippen LogP contribution is -2.47. The molecule has 0 aliphatic rings. The fourth-order valence-electron chi connectivity index (χ4n) is 1.07. The second-order valence-electron chi connectivity index (χ2n) is 3.66. The minimum Gasteiger partial charge on any atom is -0.388 e. The van der Waals surface area contributed by atoms with Crippen LogP contribution in [-0.2, 0) is 4.79 Å². The zero-order valence-electron chi connectivity index (χ0n) is 9.34. The average Bonchev–Trinajstić information content (AvgIpc) is 2.24. The van der Waals surface area contributed by atoms with Gasteiger partial charge in [-0.1, -0.05) is 20.8 Å². The predicted molar refractivity (Wildman–Crippen MR) is 56.8 cm³/mol. The third-order valence-electron chi connectivity index (χ3n) is 2.68. The molecule has 0 heterocycles. The van der Waals surface area contributed by atoms with E-state index in [1.165, 1.54) is 0 Å². The van der Waals surface area contributed by atoms with Crippen LogP contribution in [0.5, 0.6) is 0 Å². The first kappa shape index (κ1) is 13.4. The SMILES string of the molecule is CC[C@H](N)C(=O)NCC(O)(CC)CC. The molecule has 14 heavy (non-hydrogen) atoms. The molecule has 0 rings (SSSR count). The van der Waals surface area contributed by atoms with Crippen LogP contribution in [-0.4, -0.2) is 29.2 Å². The van der Waals surface area contributed by atoms with E-state index in [1.807, 2.05) is 20.8 Å². The Hall–Kier alpha value is -0.610. The quantitative estimate of drug-likeness (QED) is 0.583. The van der Waals surface area contributed by atoms with Gasteiger partial charge in [-0.2, -0.15) is 0 Å². The Morgan fingerprint density at radius 3 is 2.29 bits per heavy atom. The van der Waals surface area contributed by atoms with E-state index >= 15 is 0 Å². The summed E-state index contributed by atoms with van der Waals surface area (Å²) in [6.07, 6.45) is 1.87. The van der Waals surface area contributed by atoms with Crippen LogP contribution in [0.4, 0.5) is 0 Å². The van der Waals surface area contributed by atoms with E-state index in [2.05, 4.69) is 5.32 Å². The van der Waals surface area contributed by atoms with Gasteiger partial charge in [0.15, 0.2) is 0 Å². The summed E-state index contributed by atoms with van der Waals surface area (Å²) >= 11 is 0. The first-order valence-electron chi connectivity index (χ1n) is 5.24. The molecule has 1 atom stereocenters. The van der Waals surface area contributed by atoms with Gasteiger partial charge in [-0.3, -0.25) is 4.79 Å². The highest BCUT2D eigenvalue weighted by molar-refractivity contribution is 5.81. The maximum Gasteiger partial charge on any atom is 0.237 e. The lowest BCUT2D eigenvalue weighted by atomic mass is 9.97. The highest BCUT2D eigenvalue weighted by Gasteiger charge is 2.23. The molecule has 0 unspecified atom stereocenters. The molecule has 0 bridgehead atoms. The van der Waals surface area contributed by atoms with Crippen molar-refractivity contribution in [1.82, 2.24) is 5.32 Å². The molecule has 0 aliphatic heterocycles. The topological polar surface area (TPSA) is 75.4 Å². The maximum atomic E-state index is 11.3. The van der Waals surface area contributed by atoms with Crippen molar-refractivity contribution in [2.75, 3.05) is 6.54 Å². The Kier molecular flexibility index (Phi) is 5.72. The number of hydrogen-bond donors (Lipinski definition) is 3. The van der Waals surface area contributed by atoms with E-state index in [9.17, 15) is 9.90 Å². The molecular formula is C10H22N2O2. The van der Waals surface area contributed by atoms with Gasteiger partial charge in [-0.05, 0) is 19.3 Å². The van der Waals surface area contributed by atoms with Crippen molar-refractivity contribution in [3.8, 4) is 0 Å². The van der Waals surface area contributed by atoms with Crippen molar-refractivity contribution in [3.63, 3.8) is 0 Å². The highest BCUT2D eigenvalue weighted by Crippen LogP contribution is 2.12. The summed E-state index contributed by atoms with van der Waals surface area (Å²) in [6, 6.07) is -0.465. The largest absolute Gasteiger partial charge is 0.388 e. The summed E-state index contributed by atoms with van der Waals surface area (Å²) in [5, 5.41) is 12.5. The van der Waals surface area contributed by atoms with E-state index in [0.717, 1.165) is 0 Å². The normalized spacial score (nSPS) is 13.8.